The van der Waals surface area contributed by atoms with E-state index >= 15 is 0 Å². The average Bonchev–Trinajstić information content (AvgIpc) is 2.97. The largest absolute Gasteiger partial charge is 0.495 e. The lowest BCUT2D eigenvalue weighted by Gasteiger charge is -2.09. The Hall–Kier alpha value is -3.15. The molecular weight excluding hydrogens is 304 g/mol. The van der Waals surface area contributed by atoms with Crippen molar-refractivity contribution in [1.29, 1.82) is 0 Å². The van der Waals surface area contributed by atoms with Crippen LogP contribution in [-0.4, -0.2) is 28.0 Å². The molecule has 0 saturated heterocycles. The predicted molar refractivity (Wildman–Crippen MR) is 91.8 cm³/mol. The number of amides is 1. The number of aromatic nitrogens is 3. The molecule has 0 aliphatic carbocycles. The lowest BCUT2D eigenvalue weighted by molar-refractivity contribution is 0.102. The number of aryl methyl sites for hydroxylation is 1. The molecule has 6 heteroatoms. The van der Waals surface area contributed by atoms with Crippen molar-refractivity contribution in [2.45, 2.75) is 13.8 Å². The van der Waals surface area contributed by atoms with E-state index in [1.807, 2.05) is 50.2 Å². The second-order valence-corrected chi connectivity index (χ2v) is 5.38. The van der Waals surface area contributed by atoms with Crippen LogP contribution in [0.15, 0.2) is 48.5 Å². The topological polar surface area (TPSA) is 69.0 Å². The van der Waals surface area contributed by atoms with Gasteiger partial charge in [0.15, 0.2) is 5.69 Å². The summed E-state index contributed by atoms with van der Waals surface area (Å²) in [5, 5.41) is 11.0. The fourth-order valence-corrected chi connectivity index (χ4v) is 2.50. The number of anilines is 1. The fourth-order valence-electron chi connectivity index (χ4n) is 2.50. The second kappa shape index (κ2) is 6.54. The van der Waals surface area contributed by atoms with E-state index in [1.165, 1.54) is 0 Å². The van der Waals surface area contributed by atoms with Gasteiger partial charge in [-0.15, -0.1) is 5.10 Å². The van der Waals surface area contributed by atoms with Crippen LogP contribution in [0.25, 0.3) is 5.69 Å². The number of rotatable bonds is 4. The first-order valence-electron chi connectivity index (χ1n) is 7.54. The number of benzene rings is 2. The van der Waals surface area contributed by atoms with E-state index in [1.54, 1.807) is 23.9 Å². The van der Waals surface area contributed by atoms with Crippen LogP contribution in [0, 0.1) is 13.8 Å². The first kappa shape index (κ1) is 15.7. The highest BCUT2D eigenvalue weighted by molar-refractivity contribution is 6.04. The maximum atomic E-state index is 12.6. The Kier molecular flexibility index (Phi) is 4.29. The molecule has 3 rings (SSSR count). The molecule has 0 saturated carbocycles. The number of carbonyl (C=O) groups excluding carboxylic acids is 1. The summed E-state index contributed by atoms with van der Waals surface area (Å²) in [6.45, 7) is 3.81. The standard InChI is InChI=1S/C18H18N4O2/c1-12-8-4-6-10-15(12)22-13(2)17(20-21-22)18(23)19-14-9-5-7-11-16(14)24-3/h4-11H,1-3H3,(H,19,23). The molecule has 0 bridgehead atoms. The molecule has 0 aliphatic rings. The van der Waals surface area contributed by atoms with Crippen molar-refractivity contribution < 1.29 is 9.53 Å². The molecular formula is C18H18N4O2. The number of carbonyl (C=O) groups is 1. The van der Waals surface area contributed by atoms with Gasteiger partial charge in [-0.25, -0.2) is 4.68 Å². The van der Waals surface area contributed by atoms with Crippen molar-refractivity contribution in [2.24, 2.45) is 0 Å². The SMILES string of the molecule is COc1ccccc1NC(=O)c1nnn(-c2ccccc2C)c1C. The highest BCUT2D eigenvalue weighted by Gasteiger charge is 2.19. The molecule has 122 valence electrons. The summed E-state index contributed by atoms with van der Waals surface area (Å²) in [7, 11) is 1.56. The molecule has 0 spiro atoms. The first-order chi connectivity index (χ1) is 11.6. The van der Waals surface area contributed by atoms with E-state index in [2.05, 4.69) is 15.6 Å². The zero-order valence-corrected chi connectivity index (χ0v) is 13.8. The molecule has 0 radical (unpaired) electrons. The third-order valence-electron chi connectivity index (χ3n) is 3.81. The van der Waals surface area contributed by atoms with Crippen molar-refractivity contribution >= 4 is 11.6 Å². The van der Waals surface area contributed by atoms with Crippen molar-refractivity contribution in [3.05, 3.63) is 65.5 Å². The normalized spacial score (nSPS) is 10.5. The molecule has 1 N–H and O–H groups in total. The molecule has 0 aliphatic heterocycles. The number of hydrogen-bond acceptors (Lipinski definition) is 4. The molecule has 1 amide bonds. The van der Waals surface area contributed by atoms with Crippen LogP contribution >= 0.6 is 0 Å². The highest BCUT2D eigenvalue weighted by Crippen LogP contribution is 2.24. The highest BCUT2D eigenvalue weighted by atomic mass is 16.5. The van der Waals surface area contributed by atoms with Gasteiger partial charge in [-0.05, 0) is 37.6 Å². The second-order valence-electron chi connectivity index (χ2n) is 5.38. The van der Waals surface area contributed by atoms with Gasteiger partial charge in [0, 0.05) is 0 Å². The molecule has 3 aromatic rings. The van der Waals surface area contributed by atoms with Gasteiger partial charge in [0.1, 0.15) is 5.75 Å². The van der Waals surface area contributed by atoms with Gasteiger partial charge in [0.25, 0.3) is 5.91 Å². The van der Waals surface area contributed by atoms with Gasteiger partial charge in [-0.3, -0.25) is 4.79 Å². The van der Waals surface area contributed by atoms with Crippen molar-refractivity contribution in [3.8, 4) is 11.4 Å². The van der Waals surface area contributed by atoms with Crippen LogP contribution in [0.4, 0.5) is 5.69 Å². The van der Waals surface area contributed by atoms with Crippen molar-refractivity contribution in [1.82, 2.24) is 15.0 Å². The van der Waals surface area contributed by atoms with Crippen LogP contribution in [-0.2, 0) is 0 Å². The van der Waals surface area contributed by atoms with Crippen LogP contribution < -0.4 is 10.1 Å². The van der Waals surface area contributed by atoms with Gasteiger partial charge < -0.3 is 10.1 Å². The van der Waals surface area contributed by atoms with Gasteiger partial charge in [0.05, 0.1) is 24.2 Å². The molecule has 2 aromatic carbocycles. The molecule has 24 heavy (non-hydrogen) atoms. The van der Waals surface area contributed by atoms with E-state index in [9.17, 15) is 4.79 Å². The van der Waals surface area contributed by atoms with E-state index in [0.29, 0.717) is 17.1 Å². The Morgan fingerprint density at radius 2 is 1.79 bits per heavy atom. The summed E-state index contributed by atoms with van der Waals surface area (Å²) in [6, 6.07) is 15.1. The number of nitrogens with zero attached hydrogens (tertiary/aromatic N) is 3. The van der Waals surface area contributed by atoms with E-state index in [4.69, 9.17) is 4.74 Å². The van der Waals surface area contributed by atoms with Crippen molar-refractivity contribution in [3.63, 3.8) is 0 Å². The molecule has 1 aromatic heterocycles. The van der Waals surface area contributed by atoms with E-state index in [0.717, 1.165) is 11.3 Å². The number of nitrogens with one attached hydrogen (secondary N) is 1. The predicted octanol–water partition coefficient (Wildman–Crippen LogP) is 3.15. The Labute approximate surface area is 140 Å². The summed E-state index contributed by atoms with van der Waals surface area (Å²) in [5.41, 5.74) is 3.51. The van der Waals surface area contributed by atoms with Gasteiger partial charge >= 0.3 is 0 Å². The average molecular weight is 322 g/mol. The molecule has 1 heterocycles. The summed E-state index contributed by atoms with van der Waals surface area (Å²) in [5.74, 6) is 0.270. The van der Waals surface area contributed by atoms with Gasteiger partial charge in [-0.1, -0.05) is 35.5 Å². The summed E-state index contributed by atoms with van der Waals surface area (Å²) < 4.78 is 6.92. The van der Waals surface area contributed by atoms with Crippen LogP contribution in [0.1, 0.15) is 21.7 Å². The van der Waals surface area contributed by atoms with Gasteiger partial charge in [-0.2, -0.15) is 0 Å². The van der Waals surface area contributed by atoms with Crippen LogP contribution in [0.5, 0.6) is 5.75 Å². The third kappa shape index (κ3) is 2.86. The Morgan fingerprint density at radius 1 is 1.08 bits per heavy atom. The van der Waals surface area contributed by atoms with Gasteiger partial charge in [0.2, 0.25) is 0 Å². The monoisotopic (exact) mass is 322 g/mol. The smallest absolute Gasteiger partial charge is 0.278 e. The minimum Gasteiger partial charge on any atom is -0.495 e. The van der Waals surface area contributed by atoms with E-state index in [-0.39, 0.29) is 11.6 Å². The maximum absolute atomic E-state index is 12.6. The summed E-state index contributed by atoms with van der Waals surface area (Å²) >= 11 is 0. The Morgan fingerprint density at radius 3 is 2.54 bits per heavy atom. The summed E-state index contributed by atoms with van der Waals surface area (Å²) in [4.78, 5) is 12.6. The zero-order valence-electron chi connectivity index (χ0n) is 13.8. The molecule has 0 unspecified atom stereocenters. The van der Waals surface area contributed by atoms with Crippen LogP contribution in [0.3, 0.4) is 0 Å². The molecule has 0 fully saturated rings. The number of hydrogen-bond donors (Lipinski definition) is 1. The third-order valence-corrected chi connectivity index (χ3v) is 3.81. The van der Waals surface area contributed by atoms with Crippen LogP contribution in [0.2, 0.25) is 0 Å². The minimum absolute atomic E-state index is 0.282. The quantitative estimate of drug-likeness (QED) is 0.801. The fraction of sp³-hybridized carbons (Fsp3) is 0.167. The van der Waals surface area contributed by atoms with E-state index < -0.39 is 0 Å². The zero-order chi connectivity index (χ0) is 17.1. The number of methoxy groups -OCH3 is 1. The Balaban J connectivity index is 1.91. The summed E-state index contributed by atoms with van der Waals surface area (Å²) in [6.07, 6.45) is 0. The molecule has 6 nitrogen and oxygen atoms in total. The lowest BCUT2D eigenvalue weighted by Crippen LogP contribution is -2.15. The molecule has 0 atom stereocenters. The maximum Gasteiger partial charge on any atom is 0.278 e. The lowest BCUT2D eigenvalue weighted by atomic mass is 10.2. The first-order valence-corrected chi connectivity index (χ1v) is 7.54. The number of ether oxygens (including phenoxy) is 1. The minimum atomic E-state index is -0.322. The Bertz CT molecular complexity index is 886. The van der Waals surface area contributed by atoms with Crippen molar-refractivity contribution in [2.75, 3.05) is 12.4 Å². The number of para-hydroxylation sites is 3.